The lowest BCUT2D eigenvalue weighted by atomic mass is 10.0. The highest BCUT2D eigenvalue weighted by Gasteiger charge is 2.62. The molecule has 0 fully saturated rings. The molecule has 0 atom stereocenters. The second-order valence-electron chi connectivity index (χ2n) is 5.39. The molecule has 5 nitrogen and oxygen atoms in total. The minimum absolute atomic E-state index is 0.199. The van der Waals surface area contributed by atoms with Crippen LogP contribution < -0.4 is 4.74 Å². The number of ether oxygens (including phenoxy) is 1. The molecule has 0 N–H and O–H groups in total. The van der Waals surface area contributed by atoms with Crippen LogP contribution in [-0.4, -0.2) is 39.5 Å². The van der Waals surface area contributed by atoms with Gasteiger partial charge in [0.05, 0.1) is 7.11 Å². The third kappa shape index (κ3) is 4.08. The number of benzene rings is 1. The number of rotatable bonds is 5. The zero-order chi connectivity index (χ0) is 20.7. The average Bonchev–Trinajstić information content (AvgIpc) is 2.41. The lowest BCUT2D eigenvalue weighted by Gasteiger charge is -2.22. The van der Waals surface area contributed by atoms with Crippen molar-refractivity contribution in [3.8, 4) is 5.75 Å². The van der Waals surface area contributed by atoms with E-state index in [1.54, 1.807) is 0 Å². The summed E-state index contributed by atoms with van der Waals surface area (Å²) in [4.78, 5) is 0. The highest BCUT2D eigenvalue weighted by molar-refractivity contribution is 8.09. The topological polar surface area (TPSA) is 77.5 Å². The maximum atomic E-state index is 12.8. The Hall–Kier alpha value is -1.50. The summed E-state index contributed by atoms with van der Waals surface area (Å²) in [7, 11) is -12.3. The Labute approximate surface area is 145 Å². The van der Waals surface area contributed by atoms with Gasteiger partial charge in [0, 0.05) is 6.42 Å². The number of alkyl halides is 6. The fourth-order valence-electron chi connectivity index (χ4n) is 2.35. The zero-order valence-corrected chi connectivity index (χ0v) is 15.2. The van der Waals surface area contributed by atoms with Gasteiger partial charge >= 0.3 is 11.0 Å². The minimum Gasteiger partial charge on any atom is -0.496 e. The lowest BCUT2D eigenvalue weighted by Crippen LogP contribution is -2.46. The predicted octanol–water partition coefficient (Wildman–Crippen LogP) is 3.05. The second kappa shape index (κ2) is 6.91. The van der Waals surface area contributed by atoms with Gasteiger partial charge < -0.3 is 4.74 Å². The summed E-state index contributed by atoms with van der Waals surface area (Å²) >= 11 is 0. The van der Waals surface area contributed by atoms with Crippen molar-refractivity contribution in [3.63, 3.8) is 0 Å². The third-order valence-corrected chi connectivity index (χ3v) is 7.95. The first-order valence-electron chi connectivity index (χ1n) is 6.71. The molecule has 0 saturated heterocycles. The van der Waals surface area contributed by atoms with E-state index in [1.165, 1.54) is 19.9 Å². The molecule has 0 amide bonds. The van der Waals surface area contributed by atoms with E-state index < -0.39 is 47.3 Å². The van der Waals surface area contributed by atoms with E-state index in [-0.39, 0.29) is 11.3 Å². The van der Waals surface area contributed by atoms with Crippen LogP contribution in [0.5, 0.6) is 5.75 Å². The van der Waals surface area contributed by atoms with Gasteiger partial charge in [-0.15, -0.1) is 0 Å². The molecule has 1 aromatic carbocycles. The molecule has 0 aliphatic rings. The summed E-state index contributed by atoms with van der Waals surface area (Å²) in [5.74, 6) is -0.199. The first kappa shape index (κ1) is 22.5. The second-order valence-corrected chi connectivity index (χ2v) is 9.93. The maximum Gasteiger partial charge on any atom is 0.498 e. The van der Waals surface area contributed by atoms with Crippen molar-refractivity contribution in [2.45, 2.75) is 35.9 Å². The summed E-state index contributed by atoms with van der Waals surface area (Å²) in [6.07, 6.45) is -1.57. The van der Waals surface area contributed by atoms with Crippen LogP contribution in [0.2, 0.25) is 0 Å². The van der Waals surface area contributed by atoms with Crippen molar-refractivity contribution >= 4 is 19.7 Å². The molecule has 1 rings (SSSR count). The van der Waals surface area contributed by atoms with Gasteiger partial charge in [-0.1, -0.05) is 17.7 Å². The van der Waals surface area contributed by atoms with Crippen LogP contribution in [0.1, 0.15) is 16.7 Å². The molecule has 0 unspecified atom stereocenters. The van der Waals surface area contributed by atoms with Crippen LogP contribution in [0, 0.1) is 13.8 Å². The molecule has 0 heterocycles. The molecule has 13 heteroatoms. The molecule has 0 bridgehead atoms. The first-order valence-corrected chi connectivity index (χ1v) is 9.80. The van der Waals surface area contributed by atoms with Gasteiger partial charge in [0.1, 0.15) is 5.75 Å². The smallest absolute Gasteiger partial charge is 0.496 e. The van der Waals surface area contributed by atoms with Gasteiger partial charge in [-0.2, -0.15) is 26.3 Å². The SMILES string of the molecule is COc1c(C)cc(C)cc1CC(S(=O)(=O)C(F)(F)F)S(=O)(=O)C(F)(F)F. The molecule has 150 valence electrons. The summed E-state index contributed by atoms with van der Waals surface area (Å²) in [5.41, 5.74) is -12.1. The number of hydrogen-bond donors (Lipinski definition) is 0. The highest BCUT2D eigenvalue weighted by atomic mass is 32.3. The van der Waals surface area contributed by atoms with Crippen molar-refractivity contribution in [2.24, 2.45) is 0 Å². The Balaban J connectivity index is 3.72. The Morgan fingerprint density at radius 2 is 1.35 bits per heavy atom. The van der Waals surface area contributed by atoms with Gasteiger partial charge in [0.2, 0.25) is 0 Å². The Bertz CT molecular complexity index is 841. The molecule has 0 radical (unpaired) electrons. The molecule has 0 aliphatic heterocycles. The van der Waals surface area contributed by atoms with Crippen molar-refractivity contribution < 1.29 is 47.9 Å². The molecule has 26 heavy (non-hydrogen) atoms. The largest absolute Gasteiger partial charge is 0.498 e. The number of hydrogen-bond acceptors (Lipinski definition) is 5. The quantitative estimate of drug-likeness (QED) is 0.674. The van der Waals surface area contributed by atoms with Crippen LogP contribution in [-0.2, 0) is 26.1 Å². The minimum atomic E-state index is -6.69. The lowest BCUT2D eigenvalue weighted by molar-refractivity contribution is -0.0471. The van der Waals surface area contributed by atoms with E-state index in [0.29, 0.717) is 5.56 Å². The molecular weight excluding hydrogens is 414 g/mol. The van der Waals surface area contributed by atoms with Gasteiger partial charge in [-0.3, -0.25) is 0 Å². The number of aryl methyl sites for hydroxylation is 2. The number of halogens is 6. The van der Waals surface area contributed by atoms with E-state index in [1.807, 2.05) is 0 Å². The van der Waals surface area contributed by atoms with Crippen molar-refractivity contribution in [1.29, 1.82) is 0 Å². The average molecular weight is 428 g/mol. The summed E-state index contributed by atoms with van der Waals surface area (Å²) in [5, 5.41) is 0. The normalized spacial score (nSPS) is 13.9. The van der Waals surface area contributed by atoms with Crippen LogP contribution in [0.3, 0.4) is 0 Å². The van der Waals surface area contributed by atoms with Crippen LogP contribution in [0.4, 0.5) is 26.3 Å². The third-order valence-electron chi connectivity index (χ3n) is 3.42. The molecular formula is C13H14F6O5S2. The summed E-state index contributed by atoms with van der Waals surface area (Å²) in [6.45, 7) is 2.86. The standard InChI is InChI=1S/C13H14F6O5S2/c1-7-4-8(2)11(24-3)9(5-7)6-10(25(20,21)12(14,15)16)26(22,23)13(17,18)19/h4-5,10H,6H2,1-3H3. The Morgan fingerprint density at radius 1 is 0.923 bits per heavy atom. The fraction of sp³-hybridized carbons (Fsp3) is 0.538. The zero-order valence-electron chi connectivity index (χ0n) is 13.6. The monoisotopic (exact) mass is 428 g/mol. The van der Waals surface area contributed by atoms with Gasteiger partial charge in [-0.25, -0.2) is 16.8 Å². The van der Waals surface area contributed by atoms with E-state index in [2.05, 4.69) is 0 Å². The van der Waals surface area contributed by atoms with Crippen LogP contribution >= 0.6 is 0 Å². The Morgan fingerprint density at radius 3 is 1.69 bits per heavy atom. The molecule has 0 saturated carbocycles. The van der Waals surface area contributed by atoms with Crippen molar-refractivity contribution in [2.75, 3.05) is 7.11 Å². The van der Waals surface area contributed by atoms with E-state index >= 15 is 0 Å². The van der Waals surface area contributed by atoms with Gasteiger partial charge in [0.25, 0.3) is 19.7 Å². The van der Waals surface area contributed by atoms with E-state index in [0.717, 1.165) is 13.2 Å². The Kier molecular flexibility index (Phi) is 5.99. The number of methoxy groups -OCH3 is 1. The predicted molar refractivity (Wildman–Crippen MR) is 79.9 cm³/mol. The van der Waals surface area contributed by atoms with Gasteiger partial charge in [0.15, 0.2) is 4.58 Å². The molecule has 0 aliphatic carbocycles. The molecule has 0 spiro atoms. The fourth-order valence-corrected chi connectivity index (χ4v) is 5.73. The van der Waals surface area contributed by atoms with Crippen LogP contribution in [0.15, 0.2) is 12.1 Å². The van der Waals surface area contributed by atoms with E-state index in [4.69, 9.17) is 4.74 Å². The highest BCUT2D eigenvalue weighted by Crippen LogP contribution is 2.39. The van der Waals surface area contributed by atoms with Crippen LogP contribution in [0.25, 0.3) is 0 Å². The molecule has 1 aromatic rings. The number of sulfone groups is 2. The molecule has 0 aromatic heterocycles. The summed E-state index contributed by atoms with van der Waals surface area (Å²) < 4.78 is 124. The first-order chi connectivity index (χ1) is 11.5. The van der Waals surface area contributed by atoms with Crippen molar-refractivity contribution in [1.82, 2.24) is 0 Å². The maximum absolute atomic E-state index is 12.8. The summed E-state index contributed by atoms with van der Waals surface area (Å²) in [6, 6.07) is 2.55. The van der Waals surface area contributed by atoms with Gasteiger partial charge in [-0.05, 0) is 25.0 Å². The van der Waals surface area contributed by atoms with E-state index in [9.17, 15) is 43.2 Å². The van der Waals surface area contributed by atoms with Crippen molar-refractivity contribution in [3.05, 3.63) is 28.8 Å².